The quantitative estimate of drug-likeness (QED) is 0.620. The fraction of sp³-hybridized carbons (Fsp3) is 0.294. The lowest BCUT2D eigenvalue weighted by atomic mass is 10.0. The first-order valence-electron chi connectivity index (χ1n) is 7.57. The maximum Gasteiger partial charge on any atom is 0.225 e. The Morgan fingerprint density at radius 1 is 1.27 bits per heavy atom. The summed E-state index contributed by atoms with van der Waals surface area (Å²) in [6.07, 6.45) is 3.26. The zero-order valence-electron chi connectivity index (χ0n) is 12.3. The fourth-order valence-electron chi connectivity index (χ4n) is 3.06. The van der Waals surface area contributed by atoms with Crippen LogP contribution >= 0.6 is 22.9 Å². The first kappa shape index (κ1) is 14.0. The lowest BCUT2D eigenvalue weighted by molar-refractivity contribution is 0.761. The summed E-state index contributed by atoms with van der Waals surface area (Å²) >= 11 is 7.89. The van der Waals surface area contributed by atoms with E-state index in [4.69, 9.17) is 11.6 Å². The van der Waals surface area contributed by atoms with Crippen LogP contribution < -0.4 is 4.90 Å². The molecular weight excluding hydrogens is 314 g/mol. The second kappa shape index (κ2) is 5.52. The van der Waals surface area contributed by atoms with E-state index in [1.807, 2.05) is 0 Å². The molecule has 0 saturated carbocycles. The molecule has 0 saturated heterocycles. The number of anilines is 2. The van der Waals surface area contributed by atoms with Crippen LogP contribution in [0.1, 0.15) is 23.8 Å². The van der Waals surface area contributed by atoms with Crippen molar-refractivity contribution in [3.8, 4) is 0 Å². The van der Waals surface area contributed by atoms with Gasteiger partial charge in [0.05, 0.1) is 5.39 Å². The van der Waals surface area contributed by atoms with Gasteiger partial charge in [-0.05, 0) is 48.6 Å². The number of aromatic nitrogens is 2. The molecule has 2 aromatic heterocycles. The molecule has 0 spiro atoms. The fourth-order valence-corrected chi connectivity index (χ4v) is 4.24. The van der Waals surface area contributed by atoms with E-state index in [0.29, 0.717) is 5.28 Å². The Hall–Kier alpha value is -1.65. The van der Waals surface area contributed by atoms with Gasteiger partial charge in [0, 0.05) is 17.1 Å². The Balaban J connectivity index is 1.93. The van der Waals surface area contributed by atoms with Gasteiger partial charge in [0.15, 0.2) is 0 Å². The molecule has 4 rings (SSSR count). The van der Waals surface area contributed by atoms with Crippen molar-refractivity contribution in [2.45, 2.75) is 26.2 Å². The molecule has 112 valence electrons. The minimum absolute atomic E-state index is 0.329. The van der Waals surface area contributed by atoms with Gasteiger partial charge in [-0.25, -0.2) is 4.98 Å². The summed E-state index contributed by atoms with van der Waals surface area (Å²) in [5.41, 5.74) is 2.62. The number of rotatable bonds is 2. The van der Waals surface area contributed by atoms with E-state index in [0.717, 1.165) is 41.8 Å². The summed E-state index contributed by atoms with van der Waals surface area (Å²) in [6.45, 7) is 3.13. The van der Waals surface area contributed by atoms with Crippen molar-refractivity contribution in [2.24, 2.45) is 0 Å². The lowest BCUT2D eigenvalue weighted by Crippen LogP contribution is -2.25. The largest absolute Gasteiger partial charge is 0.325 e. The average Bonchev–Trinajstić information content (AvgIpc) is 2.96. The molecule has 0 unspecified atom stereocenters. The molecule has 0 bridgehead atoms. The molecule has 3 heterocycles. The molecule has 22 heavy (non-hydrogen) atoms. The van der Waals surface area contributed by atoms with E-state index in [9.17, 15) is 0 Å². The SMILES string of the molecule is CCc1cc2c(N3CCCc4ccccc43)nc(Cl)nc2s1. The Morgan fingerprint density at radius 3 is 3.00 bits per heavy atom. The Morgan fingerprint density at radius 2 is 2.14 bits per heavy atom. The van der Waals surface area contributed by atoms with Crippen molar-refractivity contribution in [1.29, 1.82) is 0 Å². The highest BCUT2D eigenvalue weighted by molar-refractivity contribution is 7.18. The first-order valence-corrected chi connectivity index (χ1v) is 8.77. The van der Waals surface area contributed by atoms with Gasteiger partial charge in [-0.1, -0.05) is 25.1 Å². The number of para-hydroxylation sites is 1. The van der Waals surface area contributed by atoms with Gasteiger partial charge in [-0.2, -0.15) is 4.98 Å². The summed E-state index contributed by atoms with van der Waals surface area (Å²) in [4.78, 5) is 13.6. The van der Waals surface area contributed by atoms with E-state index in [1.54, 1.807) is 11.3 Å². The topological polar surface area (TPSA) is 29.0 Å². The summed E-state index contributed by atoms with van der Waals surface area (Å²) in [5, 5.41) is 1.44. The molecule has 3 aromatic rings. The van der Waals surface area contributed by atoms with Crippen LogP contribution in [-0.4, -0.2) is 16.5 Å². The third-order valence-corrected chi connectivity index (χ3v) is 5.45. The number of thiophene rings is 1. The zero-order chi connectivity index (χ0) is 15.1. The highest BCUT2D eigenvalue weighted by Gasteiger charge is 2.22. The minimum atomic E-state index is 0.329. The van der Waals surface area contributed by atoms with Crippen molar-refractivity contribution >= 4 is 44.7 Å². The molecule has 0 fully saturated rings. The summed E-state index contributed by atoms with van der Waals surface area (Å²) in [6, 6.07) is 10.8. The van der Waals surface area contributed by atoms with Gasteiger partial charge in [0.25, 0.3) is 0 Å². The van der Waals surface area contributed by atoms with Crippen molar-refractivity contribution in [3.05, 3.63) is 46.1 Å². The van der Waals surface area contributed by atoms with Crippen LogP contribution in [0.5, 0.6) is 0 Å². The Labute approximate surface area is 138 Å². The number of benzene rings is 1. The van der Waals surface area contributed by atoms with Gasteiger partial charge >= 0.3 is 0 Å². The molecule has 0 amide bonds. The standard InChI is InChI=1S/C17H16ClN3S/c1-2-12-10-13-15(19-17(18)20-16(13)22-12)21-9-5-7-11-6-3-4-8-14(11)21/h3-4,6,8,10H,2,5,7,9H2,1H3. The molecule has 0 atom stereocenters. The van der Waals surface area contributed by atoms with Crippen LogP contribution in [0.3, 0.4) is 0 Å². The number of hydrogen-bond donors (Lipinski definition) is 0. The normalized spacial score (nSPS) is 14.4. The van der Waals surface area contributed by atoms with Crippen molar-refractivity contribution in [3.63, 3.8) is 0 Å². The predicted molar refractivity (Wildman–Crippen MR) is 93.6 cm³/mol. The second-order valence-electron chi connectivity index (χ2n) is 5.49. The van der Waals surface area contributed by atoms with Gasteiger partial charge in [0.2, 0.25) is 5.28 Å². The van der Waals surface area contributed by atoms with Crippen molar-refractivity contribution in [1.82, 2.24) is 9.97 Å². The number of aryl methyl sites for hydroxylation is 2. The smallest absolute Gasteiger partial charge is 0.225 e. The van der Waals surface area contributed by atoms with Crippen molar-refractivity contribution in [2.75, 3.05) is 11.4 Å². The van der Waals surface area contributed by atoms with Gasteiger partial charge in [-0.15, -0.1) is 11.3 Å². The third-order valence-electron chi connectivity index (χ3n) is 4.11. The van der Waals surface area contributed by atoms with Crippen LogP contribution in [-0.2, 0) is 12.8 Å². The predicted octanol–water partition coefficient (Wildman–Crippen LogP) is 4.99. The molecule has 1 aliphatic rings. The van der Waals surface area contributed by atoms with Crippen LogP contribution in [0.15, 0.2) is 30.3 Å². The molecule has 3 nitrogen and oxygen atoms in total. The molecule has 0 aliphatic carbocycles. The molecule has 1 aliphatic heterocycles. The van der Waals surface area contributed by atoms with E-state index < -0.39 is 0 Å². The number of nitrogens with zero attached hydrogens (tertiary/aromatic N) is 3. The highest BCUT2D eigenvalue weighted by Crippen LogP contribution is 2.38. The van der Waals surface area contributed by atoms with E-state index in [2.05, 4.69) is 52.1 Å². The Kier molecular flexibility index (Phi) is 3.51. The van der Waals surface area contributed by atoms with E-state index in [1.165, 1.54) is 16.1 Å². The molecule has 0 radical (unpaired) electrons. The number of hydrogen-bond acceptors (Lipinski definition) is 4. The number of halogens is 1. The van der Waals surface area contributed by atoms with Gasteiger partial charge in [-0.3, -0.25) is 0 Å². The maximum atomic E-state index is 6.18. The van der Waals surface area contributed by atoms with E-state index >= 15 is 0 Å². The van der Waals surface area contributed by atoms with Crippen LogP contribution in [0.4, 0.5) is 11.5 Å². The zero-order valence-corrected chi connectivity index (χ0v) is 13.9. The van der Waals surface area contributed by atoms with Gasteiger partial charge < -0.3 is 4.90 Å². The van der Waals surface area contributed by atoms with Crippen LogP contribution in [0.2, 0.25) is 5.28 Å². The first-order chi connectivity index (χ1) is 10.8. The monoisotopic (exact) mass is 329 g/mol. The molecular formula is C17H16ClN3S. The number of fused-ring (bicyclic) bond motifs is 2. The van der Waals surface area contributed by atoms with E-state index in [-0.39, 0.29) is 0 Å². The summed E-state index contributed by atoms with van der Waals surface area (Å²) in [7, 11) is 0. The second-order valence-corrected chi connectivity index (χ2v) is 6.94. The summed E-state index contributed by atoms with van der Waals surface area (Å²) < 4.78 is 0. The minimum Gasteiger partial charge on any atom is -0.325 e. The maximum absolute atomic E-state index is 6.18. The third kappa shape index (κ3) is 2.27. The van der Waals surface area contributed by atoms with Gasteiger partial charge in [0.1, 0.15) is 10.6 Å². The molecule has 1 aromatic carbocycles. The van der Waals surface area contributed by atoms with Crippen LogP contribution in [0.25, 0.3) is 10.2 Å². The Bertz CT molecular complexity index is 843. The molecule has 0 N–H and O–H groups in total. The van der Waals surface area contributed by atoms with Crippen molar-refractivity contribution < 1.29 is 0 Å². The van der Waals surface area contributed by atoms with Crippen LogP contribution in [0, 0.1) is 0 Å². The molecule has 5 heteroatoms. The summed E-state index contributed by atoms with van der Waals surface area (Å²) in [5.74, 6) is 0.943. The lowest BCUT2D eigenvalue weighted by Gasteiger charge is -2.30. The average molecular weight is 330 g/mol. The highest BCUT2D eigenvalue weighted by atomic mass is 35.5.